The normalized spacial score (nSPS) is 22.0. The second-order valence-corrected chi connectivity index (χ2v) is 8.97. The number of halogens is 3. The molecule has 2 N–H and O–H groups in total. The zero-order valence-corrected chi connectivity index (χ0v) is 17.4. The van der Waals surface area contributed by atoms with Gasteiger partial charge in [-0.15, -0.1) is 0 Å². The summed E-state index contributed by atoms with van der Waals surface area (Å²) in [6.07, 6.45) is -0.120. The Hall–Kier alpha value is -2.29. The largest absolute Gasteiger partial charge is 0.444 e. The molecule has 1 aromatic rings. The summed E-state index contributed by atoms with van der Waals surface area (Å²) in [5.41, 5.74) is -0.881. The summed E-state index contributed by atoms with van der Waals surface area (Å²) in [6.45, 7) is 7.30. The van der Waals surface area contributed by atoms with Crippen LogP contribution in [0.15, 0.2) is 12.1 Å². The number of hydrogen-bond acceptors (Lipinski definition) is 4. The molecular formula is C21H28F3N3O3. The molecule has 2 aliphatic rings. The van der Waals surface area contributed by atoms with Gasteiger partial charge in [-0.1, -0.05) is 0 Å². The van der Waals surface area contributed by atoms with E-state index in [1.165, 1.54) is 0 Å². The van der Waals surface area contributed by atoms with Crippen LogP contribution in [-0.2, 0) is 16.0 Å². The van der Waals surface area contributed by atoms with Crippen LogP contribution in [-0.4, -0.2) is 54.2 Å². The molecule has 1 aromatic carbocycles. The van der Waals surface area contributed by atoms with Gasteiger partial charge in [-0.05, 0) is 51.2 Å². The summed E-state index contributed by atoms with van der Waals surface area (Å²) in [6, 6.07) is 0.498. The summed E-state index contributed by atoms with van der Waals surface area (Å²) in [5, 5.41) is 5.86. The number of benzene rings is 1. The van der Waals surface area contributed by atoms with Gasteiger partial charge in [0.15, 0.2) is 11.6 Å². The van der Waals surface area contributed by atoms with E-state index < -0.39 is 35.2 Å². The zero-order chi connectivity index (χ0) is 22.1. The number of ether oxygens (including phenoxy) is 1. The molecule has 0 aliphatic carbocycles. The molecule has 6 nitrogen and oxygen atoms in total. The SMILES string of the molecule is CC(C)(C)OC(=O)NC(CC(=O)N1CC[C@H]2CNCC21)Cc1cc(F)c(F)cc1F. The number of alkyl carbamates (subject to hydrolysis) is 1. The molecule has 2 amide bonds. The van der Waals surface area contributed by atoms with Gasteiger partial charge in [0.05, 0.1) is 0 Å². The fourth-order valence-electron chi connectivity index (χ4n) is 4.12. The van der Waals surface area contributed by atoms with E-state index in [1.54, 1.807) is 25.7 Å². The molecule has 3 rings (SSSR count). The third-order valence-electron chi connectivity index (χ3n) is 5.46. The molecule has 0 bridgehead atoms. The van der Waals surface area contributed by atoms with E-state index in [0.717, 1.165) is 25.6 Å². The lowest BCUT2D eigenvalue weighted by molar-refractivity contribution is -0.132. The van der Waals surface area contributed by atoms with E-state index in [-0.39, 0.29) is 30.4 Å². The summed E-state index contributed by atoms with van der Waals surface area (Å²) < 4.78 is 46.3. The average Bonchev–Trinajstić information content (AvgIpc) is 3.21. The number of nitrogens with zero attached hydrogens (tertiary/aromatic N) is 1. The van der Waals surface area contributed by atoms with Crippen molar-refractivity contribution in [2.45, 2.75) is 57.7 Å². The third kappa shape index (κ3) is 5.44. The Kier molecular flexibility index (Phi) is 6.59. The van der Waals surface area contributed by atoms with E-state index in [9.17, 15) is 22.8 Å². The van der Waals surface area contributed by atoms with Crippen LogP contribution in [0.5, 0.6) is 0 Å². The molecule has 2 saturated heterocycles. The minimum atomic E-state index is -1.29. The molecule has 0 spiro atoms. The average molecular weight is 427 g/mol. The Labute approximate surface area is 174 Å². The second-order valence-electron chi connectivity index (χ2n) is 8.97. The molecule has 3 atom stereocenters. The number of likely N-dealkylation sites (tertiary alicyclic amines) is 1. The first-order valence-corrected chi connectivity index (χ1v) is 10.2. The number of carbonyl (C=O) groups excluding carboxylic acids is 2. The maximum Gasteiger partial charge on any atom is 0.407 e. The van der Waals surface area contributed by atoms with Crippen molar-refractivity contribution >= 4 is 12.0 Å². The van der Waals surface area contributed by atoms with Crippen molar-refractivity contribution in [1.29, 1.82) is 0 Å². The third-order valence-corrected chi connectivity index (χ3v) is 5.46. The predicted molar refractivity (Wildman–Crippen MR) is 104 cm³/mol. The van der Waals surface area contributed by atoms with E-state index in [4.69, 9.17) is 4.74 Å². The Bertz CT molecular complexity index is 813. The van der Waals surface area contributed by atoms with Crippen LogP contribution >= 0.6 is 0 Å². The summed E-state index contributed by atoms with van der Waals surface area (Å²) in [5.74, 6) is -3.17. The Morgan fingerprint density at radius 3 is 2.60 bits per heavy atom. The highest BCUT2D eigenvalue weighted by Gasteiger charge is 2.40. The van der Waals surface area contributed by atoms with Gasteiger partial charge in [-0.2, -0.15) is 0 Å². The highest BCUT2D eigenvalue weighted by atomic mass is 19.2. The Morgan fingerprint density at radius 2 is 1.90 bits per heavy atom. The second kappa shape index (κ2) is 8.83. The van der Waals surface area contributed by atoms with E-state index in [0.29, 0.717) is 18.5 Å². The summed E-state index contributed by atoms with van der Waals surface area (Å²) in [7, 11) is 0. The van der Waals surface area contributed by atoms with Crippen LogP contribution in [0.3, 0.4) is 0 Å². The Balaban J connectivity index is 1.74. The highest BCUT2D eigenvalue weighted by molar-refractivity contribution is 5.78. The minimum absolute atomic E-state index is 0.0963. The highest BCUT2D eigenvalue weighted by Crippen LogP contribution is 2.28. The standard InChI is InChI=1S/C21H28F3N3O3/c1-21(2,3)30-20(29)26-14(6-13-7-16(23)17(24)9-15(13)22)8-19(28)27-5-4-12-10-25-11-18(12)27/h7,9,12,14,18,25H,4-6,8,10-11H2,1-3H3,(H,26,29)/t12-,14?,18?/m0/s1. The molecule has 30 heavy (non-hydrogen) atoms. The van der Waals surface area contributed by atoms with Gasteiger partial charge in [0.2, 0.25) is 5.91 Å². The van der Waals surface area contributed by atoms with E-state index in [1.807, 2.05) is 0 Å². The van der Waals surface area contributed by atoms with E-state index >= 15 is 0 Å². The predicted octanol–water partition coefficient (Wildman–Crippen LogP) is 2.75. The van der Waals surface area contributed by atoms with Crippen molar-refractivity contribution in [3.05, 3.63) is 35.1 Å². The fraction of sp³-hybridized carbons (Fsp3) is 0.619. The van der Waals surface area contributed by atoms with Gasteiger partial charge in [0.25, 0.3) is 0 Å². The van der Waals surface area contributed by atoms with Crippen molar-refractivity contribution < 1.29 is 27.5 Å². The molecule has 0 saturated carbocycles. The molecule has 2 fully saturated rings. The van der Waals surface area contributed by atoms with Crippen LogP contribution in [0, 0.1) is 23.4 Å². The number of rotatable bonds is 5. The van der Waals surface area contributed by atoms with Crippen LogP contribution in [0.1, 0.15) is 39.2 Å². The van der Waals surface area contributed by atoms with Crippen molar-refractivity contribution in [3.63, 3.8) is 0 Å². The first-order valence-electron chi connectivity index (χ1n) is 10.2. The molecule has 2 heterocycles. The first kappa shape index (κ1) is 22.4. The van der Waals surface area contributed by atoms with Crippen molar-refractivity contribution in [1.82, 2.24) is 15.5 Å². The minimum Gasteiger partial charge on any atom is -0.444 e. The van der Waals surface area contributed by atoms with Crippen molar-refractivity contribution in [2.75, 3.05) is 19.6 Å². The van der Waals surface area contributed by atoms with Crippen molar-refractivity contribution in [2.24, 2.45) is 5.92 Å². The topological polar surface area (TPSA) is 70.7 Å². The number of amides is 2. The van der Waals surface area contributed by atoms with Crippen LogP contribution in [0.25, 0.3) is 0 Å². The smallest absolute Gasteiger partial charge is 0.407 e. The molecule has 2 unspecified atom stereocenters. The van der Waals surface area contributed by atoms with Gasteiger partial charge in [0.1, 0.15) is 11.4 Å². The zero-order valence-electron chi connectivity index (χ0n) is 17.4. The van der Waals surface area contributed by atoms with Crippen molar-refractivity contribution in [3.8, 4) is 0 Å². The van der Waals surface area contributed by atoms with Gasteiger partial charge in [0, 0.05) is 44.2 Å². The number of fused-ring (bicyclic) bond motifs is 1. The monoisotopic (exact) mass is 427 g/mol. The summed E-state index contributed by atoms with van der Waals surface area (Å²) in [4.78, 5) is 27.0. The van der Waals surface area contributed by atoms with E-state index in [2.05, 4.69) is 10.6 Å². The maximum absolute atomic E-state index is 14.2. The van der Waals surface area contributed by atoms with Gasteiger partial charge < -0.3 is 20.3 Å². The number of hydrogen-bond donors (Lipinski definition) is 2. The number of nitrogens with one attached hydrogen (secondary N) is 2. The molecule has 2 aliphatic heterocycles. The molecular weight excluding hydrogens is 399 g/mol. The summed E-state index contributed by atoms with van der Waals surface area (Å²) >= 11 is 0. The molecule has 9 heteroatoms. The maximum atomic E-state index is 14.2. The van der Waals surface area contributed by atoms with Crippen LogP contribution in [0.4, 0.5) is 18.0 Å². The quantitative estimate of drug-likeness (QED) is 0.709. The molecule has 0 radical (unpaired) electrons. The lowest BCUT2D eigenvalue weighted by Gasteiger charge is -2.27. The lowest BCUT2D eigenvalue weighted by atomic mass is 10.0. The van der Waals surface area contributed by atoms with Gasteiger partial charge in [-0.3, -0.25) is 4.79 Å². The van der Waals surface area contributed by atoms with Crippen LogP contribution < -0.4 is 10.6 Å². The molecule has 0 aromatic heterocycles. The van der Waals surface area contributed by atoms with Gasteiger partial charge in [-0.25, -0.2) is 18.0 Å². The Morgan fingerprint density at radius 1 is 1.20 bits per heavy atom. The fourth-order valence-corrected chi connectivity index (χ4v) is 4.12. The number of carbonyl (C=O) groups is 2. The lowest BCUT2D eigenvalue weighted by Crippen LogP contribution is -2.46. The van der Waals surface area contributed by atoms with Gasteiger partial charge >= 0.3 is 6.09 Å². The van der Waals surface area contributed by atoms with Crippen LogP contribution in [0.2, 0.25) is 0 Å². The first-order chi connectivity index (χ1) is 14.0. The molecule has 166 valence electrons.